The summed E-state index contributed by atoms with van der Waals surface area (Å²) in [6.07, 6.45) is 1.55. The van der Waals surface area contributed by atoms with Gasteiger partial charge in [0.15, 0.2) is 0 Å². The molecule has 0 aliphatic carbocycles. The largest absolute Gasteiger partial charge is 0.339 e. The number of amides is 2. The Bertz CT molecular complexity index is 1380. The lowest BCUT2D eigenvalue weighted by Gasteiger charge is -2.25. The van der Waals surface area contributed by atoms with Crippen LogP contribution in [0.4, 0.5) is 10.1 Å². The molecule has 0 spiro atoms. The number of nitrogens with zero attached hydrogens (tertiary/aromatic N) is 2. The minimum absolute atomic E-state index is 0.00603. The van der Waals surface area contributed by atoms with Crippen molar-refractivity contribution in [3.63, 3.8) is 0 Å². The number of halogens is 1. The maximum atomic E-state index is 14.6. The standard InChI is InChI=1S/C27H27FN2O4S/c1-3-15-29(16-4-2)26(31)19-13-14-25-23(17-19)30(18-20-9-5-7-11-22(20)28)27(32)21-10-6-8-12-24(21)35(25,33)34/h5-14,17H,3-4,15-16,18H2,1-2H3. The fraction of sp³-hybridized carbons (Fsp3) is 0.259. The summed E-state index contributed by atoms with van der Waals surface area (Å²) >= 11 is 0. The minimum atomic E-state index is -4.07. The van der Waals surface area contributed by atoms with Crippen LogP contribution in [0.25, 0.3) is 0 Å². The Kier molecular flexibility index (Phi) is 7.03. The van der Waals surface area contributed by atoms with E-state index in [1.165, 1.54) is 41.3 Å². The van der Waals surface area contributed by atoms with Gasteiger partial charge >= 0.3 is 0 Å². The molecule has 8 heteroatoms. The number of carbonyl (C=O) groups is 2. The predicted octanol–water partition coefficient (Wildman–Crippen LogP) is 5.08. The average Bonchev–Trinajstić information content (AvgIpc) is 2.92. The third-order valence-electron chi connectivity index (χ3n) is 6.00. The SMILES string of the molecule is CCCN(CCC)C(=O)c1ccc2c(c1)N(Cc1ccccc1F)C(=O)c1ccccc1S2(=O)=O. The Morgan fingerprint density at radius 3 is 2.26 bits per heavy atom. The van der Waals surface area contributed by atoms with Gasteiger partial charge in [-0.1, -0.05) is 44.2 Å². The van der Waals surface area contributed by atoms with E-state index in [4.69, 9.17) is 0 Å². The summed E-state index contributed by atoms with van der Waals surface area (Å²) in [5, 5.41) is 0. The van der Waals surface area contributed by atoms with Gasteiger partial charge in [-0.05, 0) is 49.2 Å². The normalized spacial score (nSPS) is 14.1. The van der Waals surface area contributed by atoms with E-state index in [1.54, 1.807) is 35.2 Å². The van der Waals surface area contributed by atoms with E-state index in [2.05, 4.69) is 0 Å². The van der Waals surface area contributed by atoms with E-state index in [-0.39, 0.29) is 44.6 Å². The predicted molar refractivity (Wildman–Crippen MR) is 132 cm³/mol. The van der Waals surface area contributed by atoms with Crippen LogP contribution >= 0.6 is 0 Å². The van der Waals surface area contributed by atoms with Crippen molar-refractivity contribution in [3.8, 4) is 0 Å². The molecule has 6 nitrogen and oxygen atoms in total. The number of hydrogen-bond acceptors (Lipinski definition) is 4. The lowest BCUT2D eigenvalue weighted by atomic mass is 10.1. The highest BCUT2D eigenvalue weighted by molar-refractivity contribution is 7.91. The summed E-state index contributed by atoms with van der Waals surface area (Å²) in [6.45, 7) is 4.89. The lowest BCUT2D eigenvalue weighted by Crippen LogP contribution is -2.33. The van der Waals surface area contributed by atoms with E-state index >= 15 is 0 Å². The van der Waals surface area contributed by atoms with Crippen LogP contribution in [0.2, 0.25) is 0 Å². The smallest absolute Gasteiger partial charge is 0.259 e. The van der Waals surface area contributed by atoms with E-state index in [1.807, 2.05) is 13.8 Å². The molecular weight excluding hydrogens is 467 g/mol. The van der Waals surface area contributed by atoms with Crippen LogP contribution in [0.5, 0.6) is 0 Å². The second kappa shape index (κ2) is 10.00. The molecule has 3 aromatic rings. The van der Waals surface area contributed by atoms with Gasteiger partial charge in [0.05, 0.1) is 27.6 Å². The van der Waals surface area contributed by atoms with E-state index < -0.39 is 21.6 Å². The lowest BCUT2D eigenvalue weighted by molar-refractivity contribution is 0.0755. The highest BCUT2D eigenvalue weighted by Crippen LogP contribution is 2.38. The Morgan fingerprint density at radius 1 is 0.914 bits per heavy atom. The molecule has 0 N–H and O–H groups in total. The molecule has 1 aliphatic heterocycles. The number of benzene rings is 3. The topological polar surface area (TPSA) is 74.8 Å². The zero-order valence-corrected chi connectivity index (χ0v) is 20.5. The number of fused-ring (bicyclic) bond motifs is 2. The zero-order chi connectivity index (χ0) is 25.2. The van der Waals surface area contributed by atoms with E-state index in [9.17, 15) is 22.4 Å². The maximum Gasteiger partial charge on any atom is 0.259 e. The third-order valence-corrected chi connectivity index (χ3v) is 7.86. The molecule has 1 aliphatic rings. The molecule has 0 aromatic heterocycles. The molecule has 0 saturated carbocycles. The van der Waals surface area contributed by atoms with Gasteiger partial charge in [-0.25, -0.2) is 12.8 Å². The molecule has 0 unspecified atom stereocenters. The number of carbonyl (C=O) groups excluding carboxylic acids is 2. The van der Waals surface area contributed by atoms with Crippen molar-refractivity contribution in [1.29, 1.82) is 0 Å². The van der Waals surface area contributed by atoms with Crippen molar-refractivity contribution in [2.75, 3.05) is 18.0 Å². The van der Waals surface area contributed by atoms with Gasteiger partial charge in [-0.2, -0.15) is 0 Å². The minimum Gasteiger partial charge on any atom is -0.339 e. The molecule has 2 amide bonds. The molecule has 0 atom stereocenters. The van der Waals surface area contributed by atoms with Crippen molar-refractivity contribution < 1.29 is 22.4 Å². The number of sulfone groups is 1. The van der Waals surface area contributed by atoms with Crippen molar-refractivity contribution in [2.45, 2.75) is 43.0 Å². The van der Waals surface area contributed by atoms with Crippen molar-refractivity contribution in [2.24, 2.45) is 0 Å². The highest BCUT2D eigenvalue weighted by Gasteiger charge is 2.36. The molecule has 0 saturated heterocycles. The van der Waals surface area contributed by atoms with Gasteiger partial charge < -0.3 is 9.80 Å². The summed E-state index contributed by atoms with van der Waals surface area (Å²) in [6, 6.07) is 16.3. The third kappa shape index (κ3) is 4.58. The zero-order valence-electron chi connectivity index (χ0n) is 19.7. The van der Waals surface area contributed by atoms with Crippen LogP contribution in [0.3, 0.4) is 0 Å². The maximum absolute atomic E-state index is 14.6. The summed E-state index contributed by atoms with van der Waals surface area (Å²) in [7, 11) is -4.07. The molecular formula is C27H27FN2O4S. The van der Waals surface area contributed by atoms with Gasteiger partial charge in [0, 0.05) is 24.2 Å². The second-order valence-corrected chi connectivity index (χ2v) is 10.3. The highest BCUT2D eigenvalue weighted by atomic mass is 32.2. The molecule has 0 fully saturated rings. The first-order valence-corrected chi connectivity index (χ1v) is 13.1. The van der Waals surface area contributed by atoms with Gasteiger partial charge in [0.25, 0.3) is 11.8 Å². The summed E-state index contributed by atoms with van der Waals surface area (Å²) < 4.78 is 41.8. The van der Waals surface area contributed by atoms with Crippen LogP contribution in [0.1, 0.15) is 53.0 Å². The first-order chi connectivity index (χ1) is 16.8. The van der Waals surface area contributed by atoms with Crippen LogP contribution in [-0.2, 0) is 16.4 Å². The molecule has 0 radical (unpaired) electrons. The monoisotopic (exact) mass is 494 g/mol. The molecule has 182 valence electrons. The summed E-state index contributed by atoms with van der Waals surface area (Å²) in [5.74, 6) is -1.32. The van der Waals surface area contributed by atoms with Gasteiger partial charge in [0.1, 0.15) is 5.82 Å². The van der Waals surface area contributed by atoms with Crippen LogP contribution < -0.4 is 4.90 Å². The number of rotatable bonds is 7. The fourth-order valence-electron chi connectivity index (χ4n) is 4.33. The Hall–Kier alpha value is -3.52. The van der Waals surface area contributed by atoms with Crippen LogP contribution in [0, 0.1) is 5.82 Å². The average molecular weight is 495 g/mol. The molecule has 4 rings (SSSR count). The van der Waals surface area contributed by atoms with Crippen LogP contribution in [-0.4, -0.2) is 38.2 Å². The van der Waals surface area contributed by atoms with Gasteiger partial charge in [0.2, 0.25) is 9.84 Å². The van der Waals surface area contributed by atoms with Gasteiger partial charge in [-0.3, -0.25) is 9.59 Å². The van der Waals surface area contributed by atoms with E-state index in [0.717, 1.165) is 12.8 Å². The van der Waals surface area contributed by atoms with Crippen molar-refractivity contribution in [3.05, 3.63) is 89.2 Å². The molecule has 3 aromatic carbocycles. The Labute approximate surface area is 204 Å². The van der Waals surface area contributed by atoms with Gasteiger partial charge in [-0.15, -0.1) is 0 Å². The number of anilines is 1. The Morgan fingerprint density at radius 2 is 1.57 bits per heavy atom. The molecule has 0 bridgehead atoms. The first kappa shape index (κ1) is 24.6. The van der Waals surface area contributed by atoms with E-state index in [0.29, 0.717) is 13.1 Å². The molecule has 1 heterocycles. The summed E-state index contributed by atoms with van der Waals surface area (Å²) in [5.41, 5.74) is 0.580. The van der Waals surface area contributed by atoms with Crippen LogP contribution in [0.15, 0.2) is 76.5 Å². The van der Waals surface area contributed by atoms with Crippen molar-refractivity contribution >= 4 is 27.3 Å². The molecule has 35 heavy (non-hydrogen) atoms. The number of hydrogen-bond donors (Lipinski definition) is 0. The Balaban J connectivity index is 1.92. The first-order valence-electron chi connectivity index (χ1n) is 11.6. The summed E-state index contributed by atoms with van der Waals surface area (Å²) in [4.78, 5) is 29.7. The quantitative estimate of drug-likeness (QED) is 0.459. The fourth-order valence-corrected chi connectivity index (χ4v) is 5.96. The second-order valence-electron chi connectivity index (χ2n) is 8.46. The van der Waals surface area contributed by atoms with Crippen molar-refractivity contribution in [1.82, 2.24) is 4.90 Å².